The molecule has 0 bridgehead atoms. The van der Waals surface area contributed by atoms with Crippen molar-refractivity contribution in [1.29, 1.82) is 0 Å². The molecule has 0 saturated carbocycles. The molecule has 0 heterocycles. The van der Waals surface area contributed by atoms with E-state index in [9.17, 15) is 0 Å². The number of nitrogens with one attached hydrogen (secondary N) is 1. The van der Waals surface area contributed by atoms with Crippen molar-refractivity contribution >= 4 is 29.9 Å². The van der Waals surface area contributed by atoms with E-state index in [1.54, 1.807) is 14.2 Å². The molecule has 3 N–H and O–H groups in total. The summed E-state index contributed by atoms with van der Waals surface area (Å²) in [5, 5.41) is 3.02. The monoisotopic (exact) mass is 457 g/mol. The molecule has 0 fully saturated rings. The Kier molecular flexibility index (Phi) is 9.53. The maximum Gasteiger partial charge on any atom is 0.189 e. The Labute approximate surface area is 165 Å². The molecule has 25 heavy (non-hydrogen) atoms. The molecular formula is C18H24IN3O3. The zero-order chi connectivity index (χ0) is 17.2. The van der Waals surface area contributed by atoms with Gasteiger partial charge in [0, 0.05) is 0 Å². The Hall–Kier alpha value is -2.16. The molecule has 0 unspecified atom stereocenters. The van der Waals surface area contributed by atoms with Gasteiger partial charge < -0.3 is 25.3 Å². The molecule has 0 saturated heterocycles. The first kappa shape index (κ1) is 20.9. The Morgan fingerprint density at radius 1 is 1.04 bits per heavy atom. The molecular weight excluding hydrogens is 433 g/mol. The highest BCUT2D eigenvalue weighted by Gasteiger charge is 2.04. The van der Waals surface area contributed by atoms with E-state index in [2.05, 4.69) is 10.3 Å². The lowest BCUT2D eigenvalue weighted by Crippen LogP contribution is -2.34. The van der Waals surface area contributed by atoms with Crippen molar-refractivity contribution in [3.8, 4) is 17.2 Å². The van der Waals surface area contributed by atoms with Gasteiger partial charge in [-0.2, -0.15) is 0 Å². The molecule has 0 aliphatic heterocycles. The largest absolute Gasteiger partial charge is 0.493 e. The summed E-state index contributed by atoms with van der Waals surface area (Å²) in [7, 11) is 3.21. The second kappa shape index (κ2) is 11.4. The number of nitrogens with two attached hydrogens (primary N) is 1. The minimum atomic E-state index is 0. The van der Waals surface area contributed by atoms with E-state index in [-0.39, 0.29) is 24.0 Å². The summed E-state index contributed by atoms with van der Waals surface area (Å²) in [6.07, 6.45) is 0. The number of hydrogen-bond donors (Lipinski definition) is 2. The fourth-order valence-electron chi connectivity index (χ4n) is 2.08. The van der Waals surface area contributed by atoms with Gasteiger partial charge in [0.25, 0.3) is 0 Å². The van der Waals surface area contributed by atoms with Crippen molar-refractivity contribution in [2.24, 2.45) is 10.7 Å². The maximum absolute atomic E-state index is 5.86. The normalized spacial score (nSPS) is 10.6. The van der Waals surface area contributed by atoms with Crippen molar-refractivity contribution < 1.29 is 14.2 Å². The SMILES string of the molecule is COc1ccc(CN=C(N)NCCOc2ccccc2)cc1OC.I. The molecule has 7 heteroatoms. The predicted octanol–water partition coefficient (Wildman–Crippen LogP) is 2.81. The minimum Gasteiger partial charge on any atom is -0.493 e. The highest BCUT2D eigenvalue weighted by Crippen LogP contribution is 2.27. The van der Waals surface area contributed by atoms with Gasteiger partial charge in [-0.15, -0.1) is 24.0 Å². The van der Waals surface area contributed by atoms with Gasteiger partial charge in [0.2, 0.25) is 0 Å². The summed E-state index contributed by atoms with van der Waals surface area (Å²) in [5.41, 5.74) is 6.84. The highest BCUT2D eigenvalue weighted by atomic mass is 127. The number of aliphatic imine (C=N–C) groups is 1. The molecule has 2 rings (SSSR count). The predicted molar refractivity (Wildman–Crippen MR) is 110 cm³/mol. The molecule has 0 atom stereocenters. The van der Waals surface area contributed by atoms with Crippen LogP contribution in [-0.4, -0.2) is 33.3 Å². The highest BCUT2D eigenvalue weighted by molar-refractivity contribution is 14.0. The summed E-state index contributed by atoms with van der Waals surface area (Å²) in [6, 6.07) is 15.3. The molecule has 0 radical (unpaired) electrons. The van der Waals surface area contributed by atoms with Gasteiger partial charge in [-0.25, -0.2) is 4.99 Å². The van der Waals surface area contributed by atoms with Gasteiger partial charge in [0.05, 0.1) is 27.3 Å². The third-order valence-electron chi connectivity index (χ3n) is 3.30. The first-order valence-corrected chi connectivity index (χ1v) is 7.65. The molecule has 136 valence electrons. The van der Waals surface area contributed by atoms with Crippen LogP contribution >= 0.6 is 24.0 Å². The quantitative estimate of drug-likeness (QED) is 0.276. The number of ether oxygens (including phenoxy) is 3. The third-order valence-corrected chi connectivity index (χ3v) is 3.30. The lowest BCUT2D eigenvalue weighted by Gasteiger charge is -2.09. The van der Waals surface area contributed by atoms with Crippen LogP contribution in [0.25, 0.3) is 0 Å². The number of guanidine groups is 1. The van der Waals surface area contributed by atoms with E-state index in [0.717, 1.165) is 11.3 Å². The molecule has 0 aliphatic carbocycles. The zero-order valence-corrected chi connectivity index (χ0v) is 16.7. The average Bonchev–Trinajstić information content (AvgIpc) is 2.64. The third kappa shape index (κ3) is 7.08. The van der Waals surface area contributed by atoms with Gasteiger partial charge in [-0.1, -0.05) is 24.3 Å². The summed E-state index contributed by atoms with van der Waals surface area (Å²) in [6.45, 7) is 1.55. The van der Waals surface area contributed by atoms with Crippen molar-refractivity contribution in [3.63, 3.8) is 0 Å². The summed E-state index contributed by atoms with van der Waals surface area (Å²) in [4.78, 5) is 4.30. The Morgan fingerprint density at radius 2 is 1.76 bits per heavy atom. The number of para-hydroxylation sites is 1. The Bertz CT molecular complexity index is 666. The van der Waals surface area contributed by atoms with Crippen molar-refractivity contribution in [3.05, 3.63) is 54.1 Å². The van der Waals surface area contributed by atoms with Crippen molar-refractivity contribution in [1.82, 2.24) is 5.32 Å². The van der Waals surface area contributed by atoms with E-state index in [0.29, 0.717) is 37.2 Å². The second-order valence-electron chi connectivity index (χ2n) is 4.98. The fourth-order valence-corrected chi connectivity index (χ4v) is 2.08. The maximum atomic E-state index is 5.86. The fraction of sp³-hybridized carbons (Fsp3) is 0.278. The van der Waals surface area contributed by atoms with Gasteiger partial charge in [-0.3, -0.25) is 0 Å². The van der Waals surface area contributed by atoms with Crippen LogP contribution in [0, 0.1) is 0 Å². The smallest absolute Gasteiger partial charge is 0.189 e. The summed E-state index contributed by atoms with van der Waals surface area (Å²) in [5.74, 6) is 2.57. The van der Waals surface area contributed by atoms with Gasteiger partial charge in [0.15, 0.2) is 17.5 Å². The number of methoxy groups -OCH3 is 2. The van der Waals surface area contributed by atoms with Crippen LogP contribution in [0.1, 0.15) is 5.56 Å². The summed E-state index contributed by atoms with van der Waals surface area (Å²) >= 11 is 0. The second-order valence-corrected chi connectivity index (χ2v) is 4.98. The van der Waals surface area contributed by atoms with Crippen LogP contribution < -0.4 is 25.3 Å². The van der Waals surface area contributed by atoms with Crippen LogP contribution in [0.5, 0.6) is 17.2 Å². The van der Waals surface area contributed by atoms with Crippen LogP contribution in [0.15, 0.2) is 53.5 Å². The van der Waals surface area contributed by atoms with E-state index in [1.807, 2.05) is 48.5 Å². The molecule has 0 amide bonds. The van der Waals surface area contributed by atoms with Crippen LogP contribution in [0.4, 0.5) is 0 Å². The number of rotatable bonds is 8. The van der Waals surface area contributed by atoms with Crippen LogP contribution in [0.2, 0.25) is 0 Å². The number of hydrogen-bond acceptors (Lipinski definition) is 4. The van der Waals surface area contributed by atoms with E-state index >= 15 is 0 Å². The molecule has 0 spiro atoms. The molecule has 0 aromatic heterocycles. The lowest BCUT2D eigenvalue weighted by atomic mass is 10.2. The molecule has 2 aromatic rings. The van der Waals surface area contributed by atoms with Gasteiger partial charge in [-0.05, 0) is 29.8 Å². The lowest BCUT2D eigenvalue weighted by molar-refractivity contribution is 0.322. The topological polar surface area (TPSA) is 78.1 Å². The molecule has 0 aliphatic rings. The van der Waals surface area contributed by atoms with Crippen LogP contribution in [0.3, 0.4) is 0 Å². The molecule has 2 aromatic carbocycles. The minimum absolute atomic E-state index is 0. The van der Waals surface area contributed by atoms with Gasteiger partial charge in [0.1, 0.15) is 12.4 Å². The van der Waals surface area contributed by atoms with E-state index in [4.69, 9.17) is 19.9 Å². The Morgan fingerprint density at radius 3 is 2.44 bits per heavy atom. The van der Waals surface area contributed by atoms with Crippen molar-refractivity contribution in [2.45, 2.75) is 6.54 Å². The van der Waals surface area contributed by atoms with Gasteiger partial charge >= 0.3 is 0 Å². The Balaban J connectivity index is 0.00000312. The van der Waals surface area contributed by atoms with Crippen molar-refractivity contribution in [2.75, 3.05) is 27.4 Å². The van der Waals surface area contributed by atoms with Crippen LogP contribution in [-0.2, 0) is 6.54 Å². The summed E-state index contributed by atoms with van der Waals surface area (Å²) < 4.78 is 16.0. The number of benzene rings is 2. The average molecular weight is 457 g/mol. The van der Waals surface area contributed by atoms with E-state index < -0.39 is 0 Å². The standard InChI is InChI=1S/C18H23N3O3.HI/c1-22-16-9-8-14(12-17(16)23-2)13-21-18(19)20-10-11-24-15-6-4-3-5-7-15;/h3-9,12H,10-11,13H2,1-2H3,(H3,19,20,21);1H. The first-order valence-electron chi connectivity index (χ1n) is 7.65. The van der Waals surface area contributed by atoms with E-state index in [1.165, 1.54) is 0 Å². The zero-order valence-electron chi connectivity index (χ0n) is 14.4. The number of nitrogens with zero attached hydrogens (tertiary/aromatic N) is 1. The first-order chi connectivity index (χ1) is 11.7. The molecule has 6 nitrogen and oxygen atoms in total. The number of halogens is 1.